The summed E-state index contributed by atoms with van der Waals surface area (Å²) in [7, 11) is 1.57. The van der Waals surface area contributed by atoms with E-state index in [1.54, 1.807) is 18.7 Å². The number of hydrogen-bond acceptors (Lipinski definition) is 6. The van der Waals surface area contributed by atoms with Crippen molar-refractivity contribution in [2.75, 3.05) is 7.11 Å². The molecule has 0 bridgehead atoms. The number of ether oxygens (including phenoxy) is 2. The molecule has 3 heterocycles. The number of carbonyl (C=O) groups excluding carboxylic acids is 1. The summed E-state index contributed by atoms with van der Waals surface area (Å²) in [5.41, 5.74) is 0. The maximum atomic E-state index is 12.5. The van der Waals surface area contributed by atoms with Gasteiger partial charge in [-0.2, -0.15) is 13.9 Å². The van der Waals surface area contributed by atoms with E-state index < -0.39 is 12.5 Å². The van der Waals surface area contributed by atoms with Crippen LogP contribution in [0.25, 0.3) is 0 Å². The minimum Gasteiger partial charge on any atom is -0.433 e. The van der Waals surface area contributed by atoms with Gasteiger partial charge in [0.05, 0.1) is 6.54 Å². The number of methoxy groups -OCH3 is 1. The minimum absolute atomic E-state index is 0.0883. The van der Waals surface area contributed by atoms with Crippen molar-refractivity contribution in [3.8, 4) is 5.75 Å². The number of rotatable bonds is 6. The van der Waals surface area contributed by atoms with Crippen molar-refractivity contribution in [1.82, 2.24) is 20.1 Å². The molecule has 25 heavy (non-hydrogen) atoms. The summed E-state index contributed by atoms with van der Waals surface area (Å²) in [6.07, 6.45) is 1.37. The van der Waals surface area contributed by atoms with Gasteiger partial charge in [0.2, 0.25) is 0 Å². The van der Waals surface area contributed by atoms with E-state index in [1.807, 2.05) is 0 Å². The molecule has 0 aromatic carbocycles. The molecule has 0 spiro atoms. The Balaban J connectivity index is 1.67. The molecule has 3 rings (SSSR count). The standard InChI is InChI=1S/C15H18F2N4O3S/c1-8-5-10(24-15(16)17)13(25-8)14(22)18-9-3-4-12-19-11(7-23-2)20-21(12)6-9/h5,9,15H,3-4,6-7H2,1-2H3,(H,18,22). The van der Waals surface area contributed by atoms with Gasteiger partial charge >= 0.3 is 6.61 Å². The first-order valence-corrected chi connectivity index (χ1v) is 8.55. The van der Waals surface area contributed by atoms with E-state index in [2.05, 4.69) is 20.1 Å². The first kappa shape index (κ1) is 17.7. The smallest absolute Gasteiger partial charge is 0.387 e. The average Bonchev–Trinajstić information content (AvgIpc) is 3.09. The molecular formula is C15H18F2N4O3S. The highest BCUT2D eigenvalue weighted by Crippen LogP contribution is 2.30. The Bertz CT molecular complexity index is 762. The van der Waals surface area contributed by atoms with Gasteiger partial charge in [-0.1, -0.05) is 0 Å². The highest BCUT2D eigenvalue weighted by Gasteiger charge is 2.26. The second-order valence-corrected chi connectivity index (χ2v) is 6.95. The molecule has 1 amide bonds. The lowest BCUT2D eigenvalue weighted by Crippen LogP contribution is -2.41. The molecule has 10 heteroatoms. The molecular weight excluding hydrogens is 354 g/mol. The molecule has 0 saturated heterocycles. The van der Waals surface area contributed by atoms with Gasteiger partial charge in [-0.05, 0) is 19.4 Å². The largest absolute Gasteiger partial charge is 0.433 e. The molecule has 2 aromatic heterocycles. The zero-order valence-corrected chi connectivity index (χ0v) is 14.6. The summed E-state index contributed by atoms with van der Waals surface area (Å²) >= 11 is 1.13. The molecule has 0 saturated carbocycles. The number of fused-ring (bicyclic) bond motifs is 1. The first-order valence-electron chi connectivity index (χ1n) is 7.74. The third-order valence-corrected chi connectivity index (χ3v) is 4.78. The number of amides is 1. The highest BCUT2D eigenvalue weighted by molar-refractivity contribution is 7.14. The Morgan fingerprint density at radius 1 is 1.56 bits per heavy atom. The summed E-state index contributed by atoms with van der Waals surface area (Å²) in [5.74, 6) is 0.950. The van der Waals surface area contributed by atoms with Crippen molar-refractivity contribution in [2.24, 2.45) is 0 Å². The van der Waals surface area contributed by atoms with Crippen LogP contribution in [0.5, 0.6) is 5.75 Å². The van der Waals surface area contributed by atoms with Crippen molar-refractivity contribution in [3.05, 3.63) is 27.5 Å². The molecule has 1 unspecified atom stereocenters. The Hall–Kier alpha value is -2.07. The average molecular weight is 372 g/mol. The lowest BCUT2D eigenvalue weighted by atomic mass is 10.1. The van der Waals surface area contributed by atoms with Crippen LogP contribution in [-0.4, -0.2) is 40.4 Å². The van der Waals surface area contributed by atoms with Crippen molar-refractivity contribution >= 4 is 17.2 Å². The fraction of sp³-hybridized carbons (Fsp3) is 0.533. The van der Waals surface area contributed by atoms with Gasteiger partial charge in [-0.25, -0.2) is 9.67 Å². The van der Waals surface area contributed by atoms with E-state index in [0.717, 1.165) is 22.0 Å². The zero-order chi connectivity index (χ0) is 18.0. The van der Waals surface area contributed by atoms with Crippen LogP contribution >= 0.6 is 11.3 Å². The number of aromatic nitrogens is 3. The molecule has 1 aliphatic heterocycles. The second-order valence-electron chi connectivity index (χ2n) is 5.70. The van der Waals surface area contributed by atoms with Crippen LogP contribution in [0, 0.1) is 6.92 Å². The number of hydrogen-bond donors (Lipinski definition) is 1. The van der Waals surface area contributed by atoms with Crippen molar-refractivity contribution < 1.29 is 23.0 Å². The SMILES string of the molecule is COCc1nc2n(n1)CC(NC(=O)c1sc(C)cc1OC(F)F)CC2. The summed E-state index contributed by atoms with van der Waals surface area (Å²) in [5, 5.41) is 7.21. The van der Waals surface area contributed by atoms with Crippen LogP contribution in [0.4, 0.5) is 8.78 Å². The Kier molecular flexibility index (Phi) is 5.28. The van der Waals surface area contributed by atoms with E-state index >= 15 is 0 Å². The Morgan fingerprint density at radius 3 is 3.08 bits per heavy atom. The topological polar surface area (TPSA) is 78.3 Å². The van der Waals surface area contributed by atoms with Gasteiger partial charge in [-0.15, -0.1) is 11.3 Å². The fourth-order valence-electron chi connectivity index (χ4n) is 2.75. The number of carbonyl (C=O) groups is 1. The molecule has 0 radical (unpaired) electrons. The second kappa shape index (κ2) is 7.44. The summed E-state index contributed by atoms with van der Waals surface area (Å²) in [6, 6.07) is 1.29. The number of thiophene rings is 1. The van der Waals surface area contributed by atoms with Crippen molar-refractivity contribution in [2.45, 2.75) is 45.6 Å². The third-order valence-electron chi connectivity index (χ3n) is 3.75. The summed E-state index contributed by atoms with van der Waals surface area (Å²) < 4.78 is 36.2. The Labute approximate surface area is 147 Å². The molecule has 0 aliphatic carbocycles. The first-order chi connectivity index (χ1) is 12.0. The summed E-state index contributed by atoms with van der Waals surface area (Å²) in [4.78, 5) is 17.7. The van der Waals surface area contributed by atoms with Crippen LogP contribution in [0.15, 0.2) is 6.07 Å². The predicted molar refractivity (Wildman–Crippen MR) is 86.0 cm³/mol. The maximum Gasteiger partial charge on any atom is 0.387 e. The Morgan fingerprint density at radius 2 is 2.36 bits per heavy atom. The molecule has 2 aromatic rings. The van der Waals surface area contributed by atoms with E-state index in [4.69, 9.17) is 4.74 Å². The third kappa shape index (κ3) is 4.13. The van der Waals surface area contributed by atoms with Gasteiger partial charge in [0.15, 0.2) is 5.82 Å². The van der Waals surface area contributed by atoms with Gasteiger partial charge in [0.25, 0.3) is 5.91 Å². The number of alkyl halides is 2. The van der Waals surface area contributed by atoms with Gasteiger partial charge < -0.3 is 14.8 Å². The van der Waals surface area contributed by atoms with Crippen LogP contribution in [-0.2, 0) is 24.3 Å². The quantitative estimate of drug-likeness (QED) is 0.841. The van der Waals surface area contributed by atoms with Crippen LogP contribution < -0.4 is 10.1 Å². The molecule has 136 valence electrons. The van der Waals surface area contributed by atoms with Gasteiger partial charge in [0.1, 0.15) is 23.1 Å². The van der Waals surface area contributed by atoms with Gasteiger partial charge in [-0.3, -0.25) is 4.79 Å². The number of aryl methyl sites for hydroxylation is 2. The van der Waals surface area contributed by atoms with Crippen LogP contribution in [0.2, 0.25) is 0 Å². The van der Waals surface area contributed by atoms with Crippen LogP contribution in [0.3, 0.4) is 0 Å². The van der Waals surface area contributed by atoms with E-state index in [9.17, 15) is 13.6 Å². The molecule has 1 N–H and O–H groups in total. The molecule has 7 nitrogen and oxygen atoms in total. The highest BCUT2D eigenvalue weighted by atomic mass is 32.1. The molecule has 1 atom stereocenters. The van der Waals surface area contributed by atoms with E-state index in [1.165, 1.54) is 6.07 Å². The summed E-state index contributed by atoms with van der Waals surface area (Å²) in [6.45, 7) is -0.418. The normalized spacial score (nSPS) is 16.8. The minimum atomic E-state index is -2.97. The number of halogens is 2. The zero-order valence-electron chi connectivity index (χ0n) is 13.8. The van der Waals surface area contributed by atoms with E-state index in [-0.39, 0.29) is 16.7 Å². The predicted octanol–water partition coefficient (Wildman–Crippen LogP) is 2.14. The van der Waals surface area contributed by atoms with E-state index in [0.29, 0.717) is 31.8 Å². The number of nitrogens with zero attached hydrogens (tertiary/aromatic N) is 3. The van der Waals surface area contributed by atoms with Gasteiger partial charge in [0, 0.05) is 24.4 Å². The van der Waals surface area contributed by atoms with Crippen molar-refractivity contribution in [3.63, 3.8) is 0 Å². The molecule has 0 fully saturated rings. The fourth-order valence-corrected chi connectivity index (χ4v) is 3.60. The number of nitrogens with one attached hydrogen (secondary N) is 1. The lowest BCUT2D eigenvalue weighted by Gasteiger charge is -2.23. The monoisotopic (exact) mass is 372 g/mol. The van der Waals surface area contributed by atoms with Crippen molar-refractivity contribution in [1.29, 1.82) is 0 Å². The molecule has 1 aliphatic rings. The van der Waals surface area contributed by atoms with Crippen LogP contribution in [0.1, 0.15) is 32.6 Å². The lowest BCUT2D eigenvalue weighted by molar-refractivity contribution is -0.0498. The maximum absolute atomic E-state index is 12.5.